The van der Waals surface area contributed by atoms with Crippen molar-refractivity contribution in [3.63, 3.8) is 0 Å². The zero-order chi connectivity index (χ0) is 12.3. The van der Waals surface area contributed by atoms with Gasteiger partial charge in [-0.1, -0.05) is 6.07 Å². The van der Waals surface area contributed by atoms with Gasteiger partial charge in [-0.25, -0.2) is 0 Å². The molecule has 1 aromatic heterocycles. The van der Waals surface area contributed by atoms with E-state index in [9.17, 15) is 4.79 Å². The maximum absolute atomic E-state index is 11.8. The van der Waals surface area contributed by atoms with Crippen LogP contribution in [0.4, 0.5) is 5.69 Å². The maximum atomic E-state index is 11.8. The average molecular weight is 291 g/mol. The molecule has 1 heterocycles. The number of carbonyl (C=O) groups excluding carboxylic acids is 1. The summed E-state index contributed by atoms with van der Waals surface area (Å²) in [6.07, 6.45) is 1.42. The van der Waals surface area contributed by atoms with Gasteiger partial charge < -0.3 is 9.73 Å². The third-order valence-corrected chi connectivity index (χ3v) is 2.73. The molecule has 0 atom stereocenters. The van der Waals surface area contributed by atoms with Crippen molar-refractivity contribution in [2.75, 3.05) is 5.32 Å². The van der Waals surface area contributed by atoms with Crippen molar-refractivity contribution in [2.24, 2.45) is 0 Å². The first-order chi connectivity index (χ1) is 8.20. The molecule has 0 aliphatic carbocycles. The third-order valence-electron chi connectivity index (χ3n) is 2.11. The molecule has 0 aliphatic rings. The van der Waals surface area contributed by atoms with Crippen molar-refractivity contribution in [3.05, 3.63) is 52.4 Å². The number of halogens is 1. The topological polar surface area (TPSA) is 66.0 Å². The van der Waals surface area contributed by atoms with E-state index < -0.39 is 0 Å². The minimum absolute atomic E-state index is 0.291. The van der Waals surface area contributed by atoms with Gasteiger partial charge in [0.05, 0.1) is 23.5 Å². The molecule has 0 spiro atoms. The summed E-state index contributed by atoms with van der Waals surface area (Å²) in [6.45, 7) is 0. The number of anilines is 1. The van der Waals surface area contributed by atoms with E-state index in [-0.39, 0.29) is 5.91 Å². The molecule has 0 fully saturated rings. The van der Waals surface area contributed by atoms with Crippen LogP contribution in [0, 0.1) is 11.3 Å². The Morgan fingerprint density at radius 2 is 2.24 bits per heavy atom. The number of hydrogen-bond donors (Lipinski definition) is 1. The van der Waals surface area contributed by atoms with Gasteiger partial charge in [-0.05, 0) is 40.2 Å². The van der Waals surface area contributed by atoms with Gasteiger partial charge in [0.15, 0.2) is 4.67 Å². The lowest BCUT2D eigenvalue weighted by atomic mass is 10.2. The van der Waals surface area contributed by atoms with Crippen LogP contribution in [0.3, 0.4) is 0 Å². The highest BCUT2D eigenvalue weighted by molar-refractivity contribution is 9.10. The molecule has 0 unspecified atom stereocenters. The predicted molar refractivity (Wildman–Crippen MR) is 65.5 cm³/mol. The highest BCUT2D eigenvalue weighted by Gasteiger charge is 2.12. The quantitative estimate of drug-likeness (QED) is 0.924. The SMILES string of the molecule is N#Cc1cccc(NC(=O)c2ccoc2Br)c1. The molecule has 0 radical (unpaired) electrons. The molecule has 84 valence electrons. The third kappa shape index (κ3) is 2.55. The van der Waals surface area contributed by atoms with E-state index in [1.54, 1.807) is 30.3 Å². The van der Waals surface area contributed by atoms with Gasteiger partial charge in [0.1, 0.15) is 0 Å². The molecule has 0 saturated carbocycles. The fraction of sp³-hybridized carbons (Fsp3) is 0. The number of nitriles is 1. The van der Waals surface area contributed by atoms with Gasteiger partial charge in [-0.2, -0.15) is 5.26 Å². The van der Waals surface area contributed by atoms with Gasteiger partial charge in [0.2, 0.25) is 0 Å². The van der Waals surface area contributed by atoms with Crippen LogP contribution in [0.1, 0.15) is 15.9 Å². The van der Waals surface area contributed by atoms with Crippen molar-refractivity contribution < 1.29 is 9.21 Å². The fourth-order valence-electron chi connectivity index (χ4n) is 1.32. The van der Waals surface area contributed by atoms with E-state index in [1.165, 1.54) is 6.26 Å². The Kier molecular flexibility index (Phi) is 3.26. The van der Waals surface area contributed by atoms with Gasteiger partial charge in [0, 0.05) is 5.69 Å². The molecule has 5 heteroatoms. The summed E-state index contributed by atoms with van der Waals surface area (Å²) in [5, 5.41) is 11.4. The second kappa shape index (κ2) is 4.85. The van der Waals surface area contributed by atoms with Crippen molar-refractivity contribution in [3.8, 4) is 6.07 Å². The van der Waals surface area contributed by atoms with Crippen LogP contribution >= 0.6 is 15.9 Å². The zero-order valence-electron chi connectivity index (χ0n) is 8.61. The number of furan rings is 1. The lowest BCUT2D eigenvalue weighted by Gasteiger charge is -2.03. The zero-order valence-corrected chi connectivity index (χ0v) is 10.2. The second-order valence-electron chi connectivity index (χ2n) is 3.25. The highest BCUT2D eigenvalue weighted by Crippen LogP contribution is 2.19. The largest absolute Gasteiger partial charge is 0.457 e. The molecule has 1 aromatic carbocycles. The van der Waals surface area contributed by atoms with Crippen LogP contribution in [0.25, 0.3) is 0 Å². The molecule has 2 rings (SSSR count). The summed E-state index contributed by atoms with van der Waals surface area (Å²) in [5.41, 5.74) is 1.48. The predicted octanol–water partition coefficient (Wildman–Crippen LogP) is 3.17. The molecule has 4 nitrogen and oxygen atoms in total. The Bertz CT molecular complexity index is 599. The number of benzene rings is 1. The van der Waals surface area contributed by atoms with Crippen LogP contribution in [0.2, 0.25) is 0 Å². The normalized spacial score (nSPS) is 9.65. The first kappa shape index (κ1) is 11.4. The second-order valence-corrected chi connectivity index (χ2v) is 3.97. The Morgan fingerprint density at radius 3 is 2.88 bits per heavy atom. The Balaban J connectivity index is 2.19. The van der Waals surface area contributed by atoms with Crippen LogP contribution in [-0.4, -0.2) is 5.91 Å². The average Bonchev–Trinajstić information content (AvgIpc) is 2.76. The summed E-state index contributed by atoms with van der Waals surface area (Å²) in [4.78, 5) is 11.8. The lowest BCUT2D eigenvalue weighted by Crippen LogP contribution is -2.11. The lowest BCUT2D eigenvalue weighted by molar-refractivity contribution is 0.102. The number of rotatable bonds is 2. The summed E-state index contributed by atoms with van der Waals surface area (Å²) in [5.74, 6) is -0.291. The van der Waals surface area contributed by atoms with E-state index in [0.29, 0.717) is 21.5 Å². The number of nitrogens with zero attached hydrogens (tertiary/aromatic N) is 1. The van der Waals surface area contributed by atoms with E-state index in [4.69, 9.17) is 9.68 Å². The minimum atomic E-state index is -0.291. The van der Waals surface area contributed by atoms with Crippen LogP contribution in [0.5, 0.6) is 0 Å². The smallest absolute Gasteiger partial charge is 0.260 e. The van der Waals surface area contributed by atoms with E-state index in [0.717, 1.165) is 0 Å². The molecular formula is C12H7BrN2O2. The summed E-state index contributed by atoms with van der Waals surface area (Å²) >= 11 is 3.13. The number of amides is 1. The monoisotopic (exact) mass is 290 g/mol. The molecule has 2 aromatic rings. The Hall–Kier alpha value is -2.06. The number of carbonyl (C=O) groups is 1. The Morgan fingerprint density at radius 1 is 1.41 bits per heavy atom. The molecule has 1 N–H and O–H groups in total. The maximum Gasteiger partial charge on any atom is 0.260 e. The van der Waals surface area contributed by atoms with Crippen LogP contribution < -0.4 is 5.32 Å². The summed E-state index contributed by atoms with van der Waals surface area (Å²) in [7, 11) is 0. The number of hydrogen-bond acceptors (Lipinski definition) is 3. The van der Waals surface area contributed by atoms with Crippen LogP contribution in [-0.2, 0) is 0 Å². The molecular weight excluding hydrogens is 284 g/mol. The fourth-order valence-corrected chi connectivity index (χ4v) is 1.74. The van der Waals surface area contributed by atoms with Crippen molar-refractivity contribution >= 4 is 27.5 Å². The Labute approximate surface area is 106 Å². The summed E-state index contributed by atoms with van der Waals surface area (Å²) in [6, 6.07) is 10.3. The highest BCUT2D eigenvalue weighted by atomic mass is 79.9. The van der Waals surface area contributed by atoms with Crippen molar-refractivity contribution in [1.29, 1.82) is 5.26 Å². The summed E-state index contributed by atoms with van der Waals surface area (Å²) < 4.78 is 5.35. The number of nitrogens with one attached hydrogen (secondary N) is 1. The van der Waals surface area contributed by atoms with Crippen molar-refractivity contribution in [2.45, 2.75) is 0 Å². The van der Waals surface area contributed by atoms with Crippen LogP contribution in [0.15, 0.2) is 45.7 Å². The minimum Gasteiger partial charge on any atom is -0.457 e. The van der Waals surface area contributed by atoms with E-state index >= 15 is 0 Å². The molecule has 17 heavy (non-hydrogen) atoms. The standard InChI is InChI=1S/C12H7BrN2O2/c13-11-10(4-5-17-11)12(16)15-9-3-1-2-8(6-9)7-14/h1-6H,(H,15,16). The first-order valence-electron chi connectivity index (χ1n) is 4.75. The molecule has 0 bridgehead atoms. The van der Waals surface area contributed by atoms with Gasteiger partial charge in [-0.3, -0.25) is 4.79 Å². The van der Waals surface area contributed by atoms with E-state index in [2.05, 4.69) is 21.2 Å². The molecule has 0 aliphatic heterocycles. The van der Waals surface area contributed by atoms with Gasteiger partial charge in [0.25, 0.3) is 5.91 Å². The van der Waals surface area contributed by atoms with E-state index in [1.807, 2.05) is 6.07 Å². The van der Waals surface area contributed by atoms with Gasteiger partial charge in [-0.15, -0.1) is 0 Å². The molecule has 1 amide bonds. The van der Waals surface area contributed by atoms with Crippen molar-refractivity contribution in [1.82, 2.24) is 0 Å². The first-order valence-corrected chi connectivity index (χ1v) is 5.54. The van der Waals surface area contributed by atoms with Gasteiger partial charge >= 0.3 is 0 Å². The molecule has 0 saturated heterocycles.